The van der Waals surface area contributed by atoms with Crippen molar-refractivity contribution in [2.45, 2.75) is 6.10 Å². The lowest BCUT2D eigenvalue weighted by atomic mass is 10.3. The molecule has 3 N–H and O–H groups in total. The van der Waals surface area contributed by atoms with Gasteiger partial charge in [-0.25, -0.2) is 0 Å². The third-order valence-corrected chi connectivity index (χ3v) is 3.27. The Balaban J connectivity index is 1.66. The van der Waals surface area contributed by atoms with Crippen LogP contribution in [-0.2, 0) is 4.74 Å². The van der Waals surface area contributed by atoms with Crippen LogP contribution in [0.3, 0.4) is 0 Å². The minimum atomic E-state index is 0.158. The van der Waals surface area contributed by atoms with E-state index < -0.39 is 0 Å². The number of morpholine rings is 1. The highest BCUT2D eigenvalue weighted by Gasteiger charge is 2.18. The van der Waals surface area contributed by atoms with Crippen LogP contribution in [0.4, 0.5) is 11.7 Å². The number of nitrogens with one attached hydrogen (secondary N) is 1. The fraction of sp³-hybridized carbons (Fsp3) is 0.462. The fourth-order valence-electron chi connectivity index (χ4n) is 2.24. The molecule has 1 atom stereocenters. The summed E-state index contributed by atoms with van der Waals surface area (Å²) in [6, 6.07) is 6.01. The first-order valence-electron chi connectivity index (χ1n) is 6.41. The first-order valence-corrected chi connectivity index (χ1v) is 6.41. The highest BCUT2D eigenvalue weighted by molar-refractivity contribution is 5.86. The van der Waals surface area contributed by atoms with Crippen LogP contribution in [0.25, 0.3) is 11.1 Å². The van der Waals surface area contributed by atoms with E-state index in [9.17, 15) is 0 Å². The Kier molecular flexibility index (Phi) is 3.27. The number of fused-ring (bicyclic) bond motifs is 1. The number of nitrogen functional groups attached to an aromatic ring is 1. The standard InChI is InChI=1S/C13H18N4O2/c1-17-5-6-18-9(8-17)7-15-13-16-12-10(14)3-2-4-11(12)19-13/h2-4,9H,5-8,14H2,1H3,(H,15,16). The van der Waals surface area contributed by atoms with Gasteiger partial charge in [0.2, 0.25) is 0 Å². The Morgan fingerprint density at radius 3 is 3.21 bits per heavy atom. The highest BCUT2D eigenvalue weighted by Crippen LogP contribution is 2.23. The van der Waals surface area contributed by atoms with E-state index in [1.54, 1.807) is 0 Å². The van der Waals surface area contributed by atoms with Gasteiger partial charge < -0.3 is 25.1 Å². The number of ether oxygens (including phenoxy) is 1. The monoisotopic (exact) mass is 262 g/mol. The van der Waals surface area contributed by atoms with Crippen molar-refractivity contribution in [1.82, 2.24) is 9.88 Å². The quantitative estimate of drug-likeness (QED) is 0.808. The summed E-state index contributed by atoms with van der Waals surface area (Å²) in [6.45, 7) is 3.34. The number of rotatable bonds is 3. The molecule has 0 radical (unpaired) electrons. The molecule has 1 aliphatic heterocycles. The Hall–Kier alpha value is -1.79. The smallest absolute Gasteiger partial charge is 0.295 e. The van der Waals surface area contributed by atoms with Crippen molar-refractivity contribution in [1.29, 1.82) is 0 Å². The summed E-state index contributed by atoms with van der Waals surface area (Å²) in [5, 5.41) is 3.17. The van der Waals surface area contributed by atoms with Gasteiger partial charge in [0.15, 0.2) is 5.58 Å². The number of nitrogens with two attached hydrogens (primary N) is 1. The number of hydrogen-bond acceptors (Lipinski definition) is 6. The van der Waals surface area contributed by atoms with Crippen LogP contribution >= 0.6 is 0 Å². The van der Waals surface area contributed by atoms with E-state index in [-0.39, 0.29) is 6.10 Å². The van der Waals surface area contributed by atoms with E-state index in [4.69, 9.17) is 14.9 Å². The van der Waals surface area contributed by atoms with Gasteiger partial charge in [0.1, 0.15) is 5.52 Å². The van der Waals surface area contributed by atoms with Gasteiger partial charge >= 0.3 is 0 Å². The molecule has 1 aromatic carbocycles. The molecule has 2 aromatic rings. The van der Waals surface area contributed by atoms with E-state index in [1.807, 2.05) is 18.2 Å². The van der Waals surface area contributed by atoms with E-state index in [0.29, 0.717) is 29.3 Å². The molecule has 0 spiro atoms. The van der Waals surface area contributed by atoms with E-state index in [0.717, 1.165) is 19.7 Å². The number of aromatic nitrogens is 1. The molecular weight excluding hydrogens is 244 g/mol. The molecular formula is C13H18N4O2. The van der Waals surface area contributed by atoms with Crippen LogP contribution in [0.2, 0.25) is 0 Å². The molecule has 0 bridgehead atoms. The molecule has 0 amide bonds. The summed E-state index contributed by atoms with van der Waals surface area (Å²) < 4.78 is 11.3. The van der Waals surface area contributed by atoms with Gasteiger partial charge in [-0.2, -0.15) is 4.98 Å². The normalized spacial score (nSPS) is 20.8. The van der Waals surface area contributed by atoms with E-state index in [1.165, 1.54) is 0 Å². The van der Waals surface area contributed by atoms with Crippen molar-refractivity contribution in [2.75, 3.05) is 44.3 Å². The lowest BCUT2D eigenvalue weighted by Gasteiger charge is -2.29. The minimum Gasteiger partial charge on any atom is -0.423 e. The first-order chi connectivity index (χ1) is 9.22. The summed E-state index contributed by atoms with van der Waals surface area (Å²) >= 11 is 0. The van der Waals surface area contributed by atoms with Crippen LogP contribution in [0.15, 0.2) is 22.6 Å². The second kappa shape index (κ2) is 5.07. The van der Waals surface area contributed by atoms with Crippen LogP contribution in [0.5, 0.6) is 0 Å². The molecule has 1 aromatic heterocycles. The predicted octanol–water partition coefficient (Wildman–Crippen LogP) is 1.15. The Morgan fingerprint density at radius 2 is 2.42 bits per heavy atom. The van der Waals surface area contributed by atoms with Crippen LogP contribution in [-0.4, -0.2) is 49.3 Å². The molecule has 0 aliphatic carbocycles. The van der Waals surface area contributed by atoms with Crippen molar-refractivity contribution < 1.29 is 9.15 Å². The molecule has 1 aliphatic rings. The largest absolute Gasteiger partial charge is 0.423 e. The lowest BCUT2D eigenvalue weighted by molar-refractivity contribution is -0.0119. The van der Waals surface area contributed by atoms with Gasteiger partial charge in [-0.1, -0.05) is 6.07 Å². The molecule has 0 saturated carbocycles. The zero-order valence-corrected chi connectivity index (χ0v) is 10.9. The van der Waals surface area contributed by atoms with Gasteiger partial charge in [-0.3, -0.25) is 0 Å². The predicted molar refractivity (Wildman–Crippen MR) is 74.1 cm³/mol. The summed E-state index contributed by atoms with van der Waals surface area (Å²) in [6.07, 6.45) is 0.158. The molecule has 102 valence electrons. The topological polar surface area (TPSA) is 76.5 Å². The Bertz CT molecular complexity index is 569. The number of nitrogens with zero attached hydrogens (tertiary/aromatic N) is 2. The number of hydrogen-bond donors (Lipinski definition) is 2. The van der Waals surface area contributed by atoms with Crippen molar-refractivity contribution in [2.24, 2.45) is 0 Å². The maximum atomic E-state index is 5.85. The van der Waals surface area contributed by atoms with Gasteiger partial charge in [0.25, 0.3) is 6.01 Å². The molecule has 1 unspecified atom stereocenters. The zero-order chi connectivity index (χ0) is 13.2. The van der Waals surface area contributed by atoms with Crippen LogP contribution < -0.4 is 11.1 Å². The molecule has 2 heterocycles. The minimum absolute atomic E-state index is 0.158. The molecule has 6 nitrogen and oxygen atoms in total. The first kappa shape index (κ1) is 12.3. The van der Waals surface area contributed by atoms with Crippen LogP contribution in [0, 0.1) is 0 Å². The maximum Gasteiger partial charge on any atom is 0.295 e. The second-order valence-corrected chi connectivity index (χ2v) is 4.85. The van der Waals surface area contributed by atoms with Crippen molar-refractivity contribution in [3.8, 4) is 0 Å². The number of oxazole rings is 1. The van der Waals surface area contributed by atoms with E-state index >= 15 is 0 Å². The third-order valence-electron chi connectivity index (χ3n) is 3.27. The van der Waals surface area contributed by atoms with Crippen molar-refractivity contribution in [3.63, 3.8) is 0 Å². The molecule has 3 rings (SSSR count). The summed E-state index contributed by atoms with van der Waals surface area (Å²) in [7, 11) is 2.09. The van der Waals surface area contributed by atoms with Gasteiger partial charge in [0.05, 0.1) is 18.4 Å². The van der Waals surface area contributed by atoms with Gasteiger partial charge in [0, 0.05) is 19.6 Å². The van der Waals surface area contributed by atoms with Gasteiger partial charge in [-0.05, 0) is 19.2 Å². The second-order valence-electron chi connectivity index (χ2n) is 4.85. The van der Waals surface area contributed by atoms with Crippen LogP contribution in [0.1, 0.15) is 0 Å². The molecule has 6 heteroatoms. The SMILES string of the molecule is CN1CCOC(CNc2nc3c(N)cccc3o2)C1. The number of para-hydroxylation sites is 1. The van der Waals surface area contributed by atoms with Gasteiger partial charge in [-0.15, -0.1) is 0 Å². The Morgan fingerprint density at radius 1 is 1.53 bits per heavy atom. The third kappa shape index (κ3) is 2.64. The summed E-state index contributed by atoms with van der Waals surface area (Å²) in [5.74, 6) is 0. The Labute approximate surface area is 111 Å². The number of likely N-dealkylation sites (N-methyl/N-ethyl adjacent to an activating group) is 1. The van der Waals surface area contributed by atoms with E-state index in [2.05, 4.69) is 22.2 Å². The average Bonchev–Trinajstić information content (AvgIpc) is 2.81. The zero-order valence-electron chi connectivity index (χ0n) is 10.9. The number of benzene rings is 1. The summed E-state index contributed by atoms with van der Waals surface area (Å²) in [4.78, 5) is 6.59. The van der Waals surface area contributed by atoms with Crippen molar-refractivity contribution >= 4 is 22.8 Å². The number of anilines is 2. The fourth-order valence-corrected chi connectivity index (χ4v) is 2.24. The molecule has 19 heavy (non-hydrogen) atoms. The lowest BCUT2D eigenvalue weighted by Crippen LogP contribution is -2.43. The summed E-state index contributed by atoms with van der Waals surface area (Å²) in [5.41, 5.74) is 7.87. The highest BCUT2D eigenvalue weighted by atomic mass is 16.5. The molecule has 1 fully saturated rings. The average molecular weight is 262 g/mol. The van der Waals surface area contributed by atoms with Crippen molar-refractivity contribution in [3.05, 3.63) is 18.2 Å². The maximum absolute atomic E-state index is 5.85. The molecule has 1 saturated heterocycles.